The summed E-state index contributed by atoms with van der Waals surface area (Å²) in [5, 5.41) is 3.69. The van der Waals surface area contributed by atoms with Gasteiger partial charge in [-0.1, -0.05) is 26.2 Å². The first-order valence-corrected chi connectivity index (χ1v) is 7.78. The summed E-state index contributed by atoms with van der Waals surface area (Å²) in [6.07, 6.45) is 11.4. The van der Waals surface area contributed by atoms with Crippen molar-refractivity contribution in [1.82, 2.24) is 10.2 Å². The predicted octanol–water partition coefficient (Wildman–Crippen LogP) is 3.03. The topological polar surface area (TPSA) is 15.3 Å². The summed E-state index contributed by atoms with van der Waals surface area (Å²) >= 11 is 0. The Hall–Kier alpha value is -0.0800. The Morgan fingerprint density at radius 2 is 1.71 bits per heavy atom. The predicted molar refractivity (Wildman–Crippen MR) is 74.4 cm³/mol. The molecule has 0 amide bonds. The first-order valence-electron chi connectivity index (χ1n) is 7.78. The minimum atomic E-state index is 0.609. The molecule has 2 nitrogen and oxygen atoms in total. The van der Waals surface area contributed by atoms with Crippen molar-refractivity contribution in [2.45, 2.75) is 58.3 Å². The van der Waals surface area contributed by atoms with Crippen LogP contribution in [0.15, 0.2) is 0 Å². The molecule has 0 spiro atoms. The Kier molecular flexibility index (Phi) is 5.30. The Labute approximate surface area is 107 Å². The second-order valence-corrected chi connectivity index (χ2v) is 6.22. The van der Waals surface area contributed by atoms with Gasteiger partial charge in [0, 0.05) is 13.1 Å². The van der Waals surface area contributed by atoms with E-state index in [1.165, 1.54) is 84.1 Å². The molecule has 2 rings (SSSR count). The SMILES string of the molecule is CCCNCC1(CN2CCCC2)CCCCC1. The Balaban J connectivity index is 1.85. The molecule has 0 aromatic rings. The van der Waals surface area contributed by atoms with Gasteiger partial charge in [-0.05, 0) is 57.2 Å². The molecule has 0 atom stereocenters. The third kappa shape index (κ3) is 3.96. The second-order valence-electron chi connectivity index (χ2n) is 6.22. The number of nitrogens with one attached hydrogen (secondary N) is 1. The molecular formula is C15H30N2. The van der Waals surface area contributed by atoms with E-state index < -0.39 is 0 Å². The van der Waals surface area contributed by atoms with Crippen molar-refractivity contribution in [3.8, 4) is 0 Å². The summed E-state index contributed by atoms with van der Waals surface area (Å²) in [6.45, 7) is 8.80. The molecule has 2 fully saturated rings. The van der Waals surface area contributed by atoms with Gasteiger partial charge in [-0.3, -0.25) is 0 Å². The Morgan fingerprint density at radius 1 is 1.00 bits per heavy atom. The maximum atomic E-state index is 3.69. The van der Waals surface area contributed by atoms with E-state index in [0.29, 0.717) is 5.41 Å². The highest BCUT2D eigenvalue weighted by atomic mass is 15.1. The number of rotatable bonds is 6. The fourth-order valence-corrected chi connectivity index (χ4v) is 3.64. The van der Waals surface area contributed by atoms with E-state index >= 15 is 0 Å². The summed E-state index contributed by atoms with van der Waals surface area (Å²) in [5.74, 6) is 0. The van der Waals surface area contributed by atoms with Crippen LogP contribution >= 0.6 is 0 Å². The monoisotopic (exact) mass is 238 g/mol. The molecule has 17 heavy (non-hydrogen) atoms. The molecule has 2 aliphatic rings. The van der Waals surface area contributed by atoms with Gasteiger partial charge in [0.2, 0.25) is 0 Å². The fourth-order valence-electron chi connectivity index (χ4n) is 3.64. The molecule has 0 bridgehead atoms. The van der Waals surface area contributed by atoms with Crippen molar-refractivity contribution in [3.63, 3.8) is 0 Å². The highest BCUT2D eigenvalue weighted by Gasteiger charge is 2.34. The van der Waals surface area contributed by atoms with Crippen molar-refractivity contribution >= 4 is 0 Å². The number of likely N-dealkylation sites (tertiary alicyclic amines) is 1. The highest BCUT2D eigenvalue weighted by Crippen LogP contribution is 2.37. The summed E-state index contributed by atoms with van der Waals surface area (Å²) in [4.78, 5) is 2.72. The van der Waals surface area contributed by atoms with Crippen molar-refractivity contribution < 1.29 is 0 Å². The van der Waals surface area contributed by atoms with Crippen LogP contribution in [-0.2, 0) is 0 Å². The first kappa shape index (κ1) is 13.4. The van der Waals surface area contributed by atoms with E-state index in [1.54, 1.807) is 0 Å². The minimum absolute atomic E-state index is 0.609. The van der Waals surface area contributed by atoms with Crippen molar-refractivity contribution in [2.24, 2.45) is 5.41 Å². The zero-order valence-electron chi connectivity index (χ0n) is 11.6. The highest BCUT2D eigenvalue weighted by molar-refractivity contribution is 4.88. The van der Waals surface area contributed by atoms with Crippen LogP contribution in [0, 0.1) is 5.41 Å². The molecule has 0 unspecified atom stereocenters. The number of hydrogen-bond acceptors (Lipinski definition) is 2. The van der Waals surface area contributed by atoms with E-state index in [-0.39, 0.29) is 0 Å². The molecule has 1 heterocycles. The van der Waals surface area contributed by atoms with E-state index in [9.17, 15) is 0 Å². The fraction of sp³-hybridized carbons (Fsp3) is 1.00. The van der Waals surface area contributed by atoms with E-state index in [0.717, 1.165) is 0 Å². The van der Waals surface area contributed by atoms with Crippen LogP contribution in [-0.4, -0.2) is 37.6 Å². The van der Waals surface area contributed by atoms with Gasteiger partial charge in [0.25, 0.3) is 0 Å². The van der Waals surface area contributed by atoms with Crippen molar-refractivity contribution in [2.75, 3.05) is 32.7 Å². The third-order valence-corrected chi connectivity index (χ3v) is 4.60. The second kappa shape index (κ2) is 6.75. The smallest absolute Gasteiger partial charge is 0.00501 e. The lowest BCUT2D eigenvalue weighted by Gasteiger charge is -2.40. The summed E-state index contributed by atoms with van der Waals surface area (Å²) < 4.78 is 0. The van der Waals surface area contributed by atoms with Gasteiger partial charge in [0.15, 0.2) is 0 Å². The Morgan fingerprint density at radius 3 is 2.35 bits per heavy atom. The molecule has 2 heteroatoms. The number of nitrogens with zero attached hydrogens (tertiary/aromatic N) is 1. The van der Waals surface area contributed by atoms with Crippen LogP contribution in [0.4, 0.5) is 0 Å². The lowest BCUT2D eigenvalue weighted by molar-refractivity contribution is 0.117. The van der Waals surface area contributed by atoms with Crippen LogP contribution in [0.3, 0.4) is 0 Å². The minimum Gasteiger partial charge on any atom is -0.316 e. The molecule has 1 saturated heterocycles. The zero-order valence-corrected chi connectivity index (χ0v) is 11.6. The summed E-state index contributed by atoms with van der Waals surface area (Å²) in [5.41, 5.74) is 0.609. The van der Waals surface area contributed by atoms with Gasteiger partial charge in [-0.2, -0.15) is 0 Å². The summed E-state index contributed by atoms with van der Waals surface area (Å²) in [7, 11) is 0. The average Bonchev–Trinajstić information content (AvgIpc) is 2.83. The van der Waals surface area contributed by atoms with E-state index in [4.69, 9.17) is 0 Å². The largest absolute Gasteiger partial charge is 0.316 e. The molecule has 0 radical (unpaired) electrons. The third-order valence-electron chi connectivity index (χ3n) is 4.60. The lowest BCUT2D eigenvalue weighted by Crippen LogP contribution is -2.44. The van der Waals surface area contributed by atoms with Gasteiger partial charge in [-0.15, -0.1) is 0 Å². The van der Waals surface area contributed by atoms with Gasteiger partial charge in [0.05, 0.1) is 0 Å². The standard InChI is InChI=1S/C15H30N2/c1-2-10-16-13-15(8-4-3-5-9-15)14-17-11-6-7-12-17/h16H,2-14H2,1H3. The van der Waals surface area contributed by atoms with Crippen LogP contribution < -0.4 is 5.32 Å². The molecule has 0 aromatic carbocycles. The van der Waals surface area contributed by atoms with Crippen molar-refractivity contribution in [3.05, 3.63) is 0 Å². The van der Waals surface area contributed by atoms with Gasteiger partial charge < -0.3 is 10.2 Å². The zero-order chi connectivity index (χ0) is 12.0. The molecule has 0 aromatic heterocycles. The van der Waals surface area contributed by atoms with Crippen LogP contribution in [0.2, 0.25) is 0 Å². The van der Waals surface area contributed by atoms with E-state index in [1.807, 2.05) is 0 Å². The quantitative estimate of drug-likeness (QED) is 0.716. The summed E-state index contributed by atoms with van der Waals surface area (Å²) in [6, 6.07) is 0. The van der Waals surface area contributed by atoms with Crippen LogP contribution in [0.25, 0.3) is 0 Å². The molecule has 1 saturated carbocycles. The van der Waals surface area contributed by atoms with Gasteiger partial charge >= 0.3 is 0 Å². The Bertz CT molecular complexity index is 203. The maximum absolute atomic E-state index is 3.69. The lowest BCUT2D eigenvalue weighted by atomic mass is 9.73. The van der Waals surface area contributed by atoms with Gasteiger partial charge in [-0.25, -0.2) is 0 Å². The van der Waals surface area contributed by atoms with Crippen LogP contribution in [0.5, 0.6) is 0 Å². The molecule has 1 aliphatic heterocycles. The molecule has 1 N–H and O–H groups in total. The molecule has 1 aliphatic carbocycles. The van der Waals surface area contributed by atoms with Gasteiger partial charge in [0.1, 0.15) is 0 Å². The number of hydrogen-bond donors (Lipinski definition) is 1. The molecular weight excluding hydrogens is 208 g/mol. The average molecular weight is 238 g/mol. The van der Waals surface area contributed by atoms with E-state index in [2.05, 4.69) is 17.1 Å². The normalized spacial score (nSPS) is 25.2. The maximum Gasteiger partial charge on any atom is 0.00501 e. The molecule has 100 valence electrons. The van der Waals surface area contributed by atoms with Crippen LogP contribution in [0.1, 0.15) is 58.3 Å². The van der Waals surface area contributed by atoms with Crippen molar-refractivity contribution in [1.29, 1.82) is 0 Å². The first-order chi connectivity index (χ1) is 8.35.